The predicted octanol–water partition coefficient (Wildman–Crippen LogP) is 1.27. The van der Waals surface area contributed by atoms with Crippen LogP contribution in [-0.2, 0) is 0 Å². The molecule has 1 aromatic carbocycles. The Bertz CT molecular complexity index is 342. The minimum absolute atomic E-state index is 0.0670. The minimum atomic E-state index is -0.0762. The molecule has 0 aliphatic heterocycles. The Morgan fingerprint density at radius 2 is 2.06 bits per heavy atom. The van der Waals surface area contributed by atoms with Crippen molar-refractivity contribution in [3.8, 4) is 5.75 Å². The van der Waals surface area contributed by atoms with Gasteiger partial charge in [-0.3, -0.25) is 0 Å². The molecule has 102 valence electrons. The number of aliphatic hydroxyl groups is 1. The molecule has 0 saturated heterocycles. The van der Waals surface area contributed by atoms with E-state index in [0.29, 0.717) is 6.61 Å². The molecule has 0 aromatic heterocycles. The Kier molecular flexibility index (Phi) is 6.72. The lowest BCUT2D eigenvalue weighted by molar-refractivity contribution is 0.235. The van der Waals surface area contributed by atoms with Crippen molar-refractivity contribution in [3.63, 3.8) is 0 Å². The highest BCUT2D eigenvalue weighted by Gasteiger charge is 2.14. The maximum atomic E-state index is 9.51. The molecular formula is C14H24N2O2. The van der Waals surface area contributed by atoms with E-state index in [1.807, 2.05) is 45.3 Å². The summed E-state index contributed by atoms with van der Waals surface area (Å²) in [4.78, 5) is 2.11. The normalized spacial score (nSPS) is 12.7. The fourth-order valence-corrected chi connectivity index (χ4v) is 1.79. The van der Waals surface area contributed by atoms with Crippen LogP contribution >= 0.6 is 0 Å². The molecule has 0 saturated carbocycles. The molecule has 0 bridgehead atoms. The molecule has 1 rings (SSSR count). The maximum absolute atomic E-state index is 9.51. The summed E-state index contributed by atoms with van der Waals surface area (Å²) < 4.78 is 5.59. The second-order valence-corrected chi connectivity index (χ2v) is 4.46. The first-order valence-corrected chi connectivity index (χ1v) is 6.39. The number of nitrogens with one attached hydrogen (secondary N) is 1. The van der Waals surface area contributed by atoms with E-state index in [2.05, 4.69) is 10.2 Å². The number of hydrogen-bond acceptors (Lipinski definition) is 4. The van der Waals surface area contributed by atoms with Gasteiger partial charge >= 0.3 is 0 Å². The Balaban J connectivity index is 2.68. The van der Waals surface area contributed by atoms with Crippen LogP contribution in [0.5, 0.6) is 5.75 Å². The van der Waals surface area contributed by atoms with Crippen LogP contribution in [0.1, 0.15) is 18.5 Å². The molecular weight excluding hydrogens is 228 g/mol. The minimum Gasteiger partial charge on any atom is -0.494 e. The molecule has 4 heteroatoms. The van der Waals surface area contributed by atoms with Gasteiger partial charge in [-0.1, -0.05) is 18.2 Å². The summed E-state index contributed by atoms with van der Waals surface area (Å²) >= 11 is 0. The van der Waals surface area contributed by atoms with Crippen LogP contribution in [0.4, 0.5) is 0 Å². The molecule has 0 aliphatic rings. The Morgan fingerprint density at radius 3 is 2.67 bits per heavy atom. The summed E-state index contributed by atoms with van der Waals surface area (Å²) in [5.74, 6) is 0.844. The van der Waals surface area contributed by atoms with E-state index in [0.717, 1.165) is 24.4 Å². The maximum Gasteiger partial charge on any atom is 0.124 e. The molecule has 0 amide bonds. The lowest BCUT2D eigenvalue weighted by Gasteiger charge is -2.21. The van der Waals surface area contributed by atoms with Crippen LogP contribution < -0.4 is 10.1 Å². The van der Waals surface area contributed by atoms with Crippen LogP contribution in [0.25, 0.3) is 0 Å². The third-order valence-corrected chi connectivity index (χ3v) is 2.73. The first-order valence-electron chi connectivity index (χ1n) is 6.39. The van der Waals surface area contributed by atoms with E-state index in [4.69, 9.17) is 4.74 Å². The van der Waals surface area contributed by atoms with Gasteiger partial charge in [-0.05, 0) is 27.1 Å². The fraction of sp³-hybridized carbons (Fsp3) is 0.571. The van der Waals surface area contributed by atoms with Crippen molar-refractivity contribution in [2.75, 3.05) is 40.4 Å². The van der Waals surface area contributed by atoms with Crippen LogP contribution in [0.15, 0.2) is 24.3 Å². The quantitative estimate of drug-likeness (QED) is 0.731. The number of para-hydroxylation sites is 1. The van der Waals surface area contributed by atoms with E-state index >= 15 is 0 Å². The van der Waals surface area contributed by atoms with E-state index in [1.54, 1.807) is 0 Å². The second-order valence-electron chi connectivity index (χ2n) is 4.46. The summed E-state index contributed by atoms with van der Waals surface area (Å²) in [6.45, 7) is 4.43. The smallest absolute Gasteiger partial charge is 0.124 e. The van der Waals surface area contributed by atoms with Crippen molar-refractivity contribution in [2.45, 2.75) is 13.0 Å². The van der Waals surface area contributed by atoms with Gasteiger partial charge in [0.15, 0.2) is 0 Å². The number of aliphatic hydroxyl groups excluding tert-OH is 1. The van der Waals surface area contributed by atoms with Gasteiger partial charge in [0.25, 0.3) is 0 Å². The zero-order chi connectivity index (χ0) is 13.4. The monoisotopic (exact) mass is 252 g/mol. The third-order valence-electron chi connectivity index (χ3n) is 2.73. The van der Waals surface area contributed by atoms with Crippen LogP contribution in [0.2, 0.25) is 0 Å². The first kappa shape index (κ1) is 15.0. The molecule has 4 nitrogen and oxygen atoms in total. The summed E-state index contributed by atoms with van der Waals surface area (Å²) in [6.07, 6.45) is 0. The highest BCUT2D eigenvalue weighted by molar-refractivity contribution is 5.36. The molecule has 0 aliphatic carbocycles. The molecule has 1 aromatic rings. The van der Waals surface area contributed by atoms with Gasteiger partial charge in [0.2, 0.25) is 0 Å². The standard InChI is InChI=1S/C14H24N2O2/c1-4-18-14-8-6-5-7-12(14)13(11-17)15-9-10-16(2)3/h5-8,13,15,17H,4,9-11H2,1-3H3. The SMILES string of the molecule is CCOc1ccccc1C(CO)NCCN(C)C. The van der Waals surface area contributed by atoms with Gasteiger partial charge < -0.3 is 20.1 Å². The molecule has 0 fully saturated rings. The highest BCUT2D eigenvalue weighted by atomic mass is 16.5. The number of benzene rings is 1. The predicted molar refractivity (Wildman–Crippen MR) is 74.0 cm³/mol. The average molecular weight is 252 g/mol. The zero-order valence-electron chi connectivity index (χ0n) is 11.5. The first-order chi connectivity index (χ1) is 8.69. The van der Waals surface area contributed by atoms with Gasteiger partial charge in [-0.15, -0.1) is 0 Å². The molecule has 1 unspecified atom stereocenters. The fourth-order valence-electron chi connectivity index (χ4n) is 1.79. The highest BCUT2D eigenvalue weighted by Crippen LogP contribution is 2.24. The molecule has 2 N–H and O–H groups in total. The molecule has 1 atom stereocenters. The van der Waals surface area contributed by atoms with Crippen molar-refractivity contribution >= 4 is 0 Å². The van der Waals surface area contributed by atoms with Crippen molar-refractivity contribution < 1.29 is 9.84 Å². The molecule has 0 radical (unpaired) electrons. The van der Waals surface area contributed by atoms with Crippen LogP contribution in [0.3, 0.4) is 0 Å². The van der Waals surface area contributed by atoms with Gasteiger partial charge in [-0.25, -0.2) is 0 Å². The number of hydrogen-bond donors (Lipinski definition) is 2. The van der Waals surface area contributed by atoms with E-state index < -0.39 is 0 Å². The number of nitrogens with zero attached hydrogens (tertiary/aromatic N) is 1. The molecule has 18 heavy (non-hydrogen) atoms. The number of likely N-dealkylation sites (N-methyl/N-ethyl adjacent to an activating group) is 1. The largest absolute Gasteiger partial charge is 0.494 e. The third kappa shape index (κ3) is 4.64. The van der Waals surface area contributed by atoms with Gasteiger partial charge in [0.05, 0.1) is 19.3 Å². The van der Waals surface area contributed by atoms with Crippen LogP contribution in [-0.4, -0.2) is 50.4 Å². The zero-order valence-corrected chi connectivity index (χ0v) is 11.5. The average Bonchev–Trinajstić information content (AvgIpc) is 2.36. The Morgan fingerprint density at radius 1 is 1.33 bits per heavy atom. The van der Waals surface area contributed by atoms with Crippen molar-refractivity contribution in [2.24, 2.45) is 0 Å². The summed E-state index contributed by atoms with van der Waals surface area (Å²) in [6, 6.07) is 7.77. The van der Waals surface area contributed by atoms with Crippen molar-refractivity contribution in [3.05, 3.63) is 29.8 Å². The molecule has 0 spiro atoms. The second kappa shape index (κ2) is 8.08. The topological polar surface area (TPSA) is 44.7 Å². The van der Waals surface area contributed by atoms with Gasteiger partial charge in [0.1, 0.15) is 5.75 Å². The van der Waals surface area contributed by atoms with E-state index in [1.165, 1.54) is 0 Å². The number of ether oxygens (including phenoxy) is 1. The number of rotatable bonds is 8. The Hall–Kier alpha value is -1.10. The van der Waals surface area contributed by atoms with Crippen molar-refractivity contribution in [1.82, 2.24) is 10.2 Å². The van der Waals surface area contributed by atoms with Crippen molar-refractivity contribution in [1.29, 1.82) is 0 Å². The van der Waals surface area contributed by atoms with Crippen LogP contribution in [0, 0.1) is 0 Å². The summed E-state index contributed by atoms with van der Waals surface area (Å²) in [5, 5.41) is 12.8. The van der Waals surface area contributed by atoms with E-state index in [-0.39, 0.29) is 12.6 Å². The van der Waals surface area contributed by atoms with E-state index in [9.17, 15) is 5.11 Å². The lowest BCUT2D eigenvalue weighted by atomic mass is 10.1. The summed E-state index contributed by atoms with van der Waals surface area (Å²) in [7, 11) is 4.06. The summed E-state index contributed by atoms with van der Waals surface area (Å²) in [5.41, 5.74) is 1.01. The van der Waals surface area contributed by atoms with Gasteiger partial charge in [0, 0.05) is 18.7 Å². The molecule has 0 heterocycles. The Labute approximate surface area is 110 Å². The van der Waals surface area contributed by atoms with Gasteiger partial charge in [-0.2, -0.15) is 0 Å². The lowest BCUT2D eigenvalue weighted by Crippen LogP contribution is -2.31.